The van der Waals surface area contributed by atoms with E-state index in [1.54, 1.807) is 0 Å². The second-order valence-electron chi connectivity index (χ2n) is 7.09. The lowest BCUT2D eigenvalue weighted by atomic mass is 9.84. The highest BCUT2D eigenvalue weighted by molar-refractivity contribution is 14.0. The molecule has 0 saturated heterocycles. The van der Waals surface area contributed by atoms with Gasteiger partial charge in [-0.15, -0.1) is 24.0 Å². The van der Waals surface area contributed by atoms with E-state index >= 15 is 0 Å². The lowest BCUT2D eigenvalue weighted by Crippen LogP contribution is -2.39. The molecule has 25 heavy (non-hydrogen) atoms. The Hall–Kier alpha value is -0.790. The summed E-state index contributed by atoms with van der Waals surface area (Å²) in [5, 5.41) is 10.9. The van der Waals surface area contributed by atoms with Gasteiger partial charge in [0.15, 0.2) is 5.96 Å². The Bertz CT molecular complexity index is 516. The van der Waals surface area contributed by atoms with Gasteiger partial charge in [-0.2, -0.15) is 0 Å². The van der Waals surface area contributed by atoms with E-state index in [0.717, 1.165) is 49.9 Å². The Labute approximate surface area is 169 Å². The third-order valence-corrected chi connectivity index (χ3v) is 5.41. The van der Waals surface area contributed by atoms with Gasteiger partial charge in [0.05, 0.1) is 5.69 Å². The maximum Gasteiger partial charge on any atom is 0.191 e. The number of nitrogens with zero attached hydrogens (tertiary/aromatic N) is 2. The molecule has 6 heteroatoms. The molecule has 0 aliphatic heterocycles. The number of hydrogen-bond donors (Lipinski definition) is 2. The van der Waals surface area contributed by atoms with Crippen LogP contribution in [0.5, 0.6) is 0 Å². The van der Waals surface area contributed by atoms with E-state index in [-0.39, 0.29) is 24.0 Å². The third-order valence-electron chi connectivity index (χ3n) is 5.41. The summed E-state index contributed by atoms with van der Waals surface area (Å²) in [5.74, 6) is 1.90. The summed E-state index contributed by atoms with van der Waals surface area (Å²) in [6.45, 7) is 11.2. The molecule has 0 atom stereocenters. The van der Waals surface area contributed by atoms with Gasteiger partial charge >= 0.3 is 0 Å². The van der Waals surface area contributed by atoms with Gasteiger partial charge in [0.1, 0.15) is 5.76 Å². The Morgan fingerprint density at radius 2 is 1.92 bits per heavy atom. The van der Waals surface area contributed by atoms with Crippen molar-refractivity contribution in [2.45, 2.75) is 72.6 Å². The Morgan fingerprint density at radius 1 is 1.20 bits per heavy atom. The highest BCUT2D eigenvalue weighted by Gasteiger charge is 2.31. The van der Waals surface area contributed by atoms with E-state index in [2.05, 4.69) is 29.6 Å². The monoisotopic (exact) mass is 462 g/mol. The molecule has 1 aromatic heterocycles. The number of hydrogen-bond acceptors (Lipinski definition) is 3. The van der Waals surface area contributed by atoms with Crippen LogP contribution in [0.15, 0.2) is 9.52 Å². The van der Waals surface area contributed by atoms with Crippen molar-refractivity contribution in [3.8, 4) is 0 Å². The summed E-state index contributed by atoms with van der Waals surface area (Å²) in [5.41, 5.74) is 2.70. The van der Waals surface area contributed by atoms with Crippen molar-refractivity contribution >= 4 is 29.9 Å². The SMILES string of the molecule is CCNC(=NCC1(CC)CCCC1)NCCCc1c(C)noc1C.I. The third kappa shape index (κ3) is 6.46. The van der Waals surface area contributed by atoms with Gasteiger partial charge in [-0.05, 0) is 58.3 Å². The fourth-order valence-corrected chi connectivity index (χ4v) is 3.67. The van der Waals surface area contributed by atoms with Crippen molar-refractivity contribution in [3.63, 3.8) is 0 Å². The van der Waals surface area contributed by atoms with Gasteiger partial charge in [0.2, 0.25) is 0 Å². The lowest BCUT2D eigenvalue weighted by Gasteiger charge is -2.25. The summed E-state index contributed by atoms with van der Waals surface area (Å²) in [6, 6.07) is 0. The van der Waals surface area contributed by atoms with E-state index in [1.807, 2.05) is 13.8 Å². The minimum atomic E-state index is 0. The first kappa shape index (κ1) is 22.3. The average Bonchev–Trinajstić information content (AvgIpc) is 3.18. The molecule has 2 N–H and O–H groups in total. The van der Waals surface area contributed by atoms with Gasteiger partial charge < -0.3 is 15.2 Å². The second kappa shape index (κ2) is 11.0. The standard InChI is InChI=1S/C19H34N4O.HI/c1-5-19(11-7-8-12-19)14-22-18(20-6-2)21-13-9-10-17-15(3)23-24-16(17)4;/h5-14H2,1-4H3,(H2,20,21,22);1H. The molecule has 1 heterocycles. The van der Waals surface area contributed by atoms with Crippen molar-refractivity contribution in [1.82, 2.24) is 15.8 Å². The van der Waals surface area contributed by atoms with Crippen LogP contribution in [0.1, 0.15) is 69.4 Å². The molecule has 1 aliphatic rings. The maximum absolute atomic E-state index is 5.22. The number of aliphatic imine (C=N–C) groups is 1. The Balaban J connectivity index is 0.00000312. The molecule has 2 rings (SSSR count). The molecule has 0 unspecified atom stereocenters. The van der Waals surface area contributed by atoms with Gasteiger partial charge in [-0.1, -0.05) is 24.9 Å². The second-order valence-corrected chi connectivity index (χ2v) is 7.09. The van der Waals surface area contributed by atoms with Gasteiger partial charge in [0, 0.05) is 25.2 Å². The zero-order valence-corrected chi connectivity index (χ0v) is 18.6. The number of nitrogens with one attached hydrogen (secondary N) is 2. The molecule has 1 fully saturated rings. The largest absolute Gasteiger partial charge is 0.361 e. The Kier molecular flexibility index (Phi) is 9.82. The number of rotatable bonds is 8. The van der Waals surface area contributed by atoms with Crippen molar-refractivity contribution in [2.24, 2.45) is 10.4 Å². The van der Waals surface area contributed by atoms with E-state index < -0.39 is 0 Å². The highest BCUT2D eigenvalue weighted by Crippen LogP contribution is 2.41. The molecule has 144 valence electrons. The highest BCUT2D eigenvalue weighted by atomic mass is 127. The van der Waals surface area contributed by atoms with Crippen LogP contribution in [0.3, 0.4) is 0 Å². The molecule has 1 aromatic rings. The van der Waals surface area contributed by atoms with Crippen LogP contribution in [0.25, 0.3) is 0 Å². The molecular formula is C19H35IN4O. The quantitative estimate of drug-likeness (QED) is 0.261. The van der Waals surface area contributed by atoms with Crippen LogP contribution in [0.2, 0.25) is 0 Å². The van der Waals surface area contributed by atoms with Crippen LogP contribution in [-0.4, -0.2) is 30.8 Å². The molecule has 1 aliphatic carbocycles. The number of aryl methyl sites for hydroxylation is 2. The predicted octanol–water partition coefficient (Wildman–Crippen LogP) is 4.37. The van der Waals surface area contributed by atoms with E-state index in [0.29, 0.717) is 5.41 Å². The predicted molar refractivity (Wildman–Crippen MR) is 115 cm³/mol. The maximum atomic E-state index is 5.22. The summed E-state index contributed by atoms with van der Waals surface area (Å²) < 4.78 is 5.22. The molecular weight excluding hydrogens is 427 g/mol. The first-order valence-electron chi connectivity index (χ1n) is 9.54. The minimum absolute atomic E-state index is 0. The van der Waals surface area contributed by atoms with E-state index in [1.165, 1.54) is 37.7 Å². The topological polar surface area (TPSA) is 62.5 Å². The number of aromatic nitrogens is 1. The zero-order chi connectivity index (χ0) is 17.4. The summed E-state index contributed by atoms with van der Waals surface area (Å²) in [7, 11) is 0. The van der Waals surface area contributed by atoms with Crippen molar-refractivity contribution in [1.29, 1.82) is 0 Å². The van der Waals surface area contributed by atoms with E-state index in [4.69, 9.17) is 9.52 Å². The molecule has 5 nitrogen and oxygen atoms in total. The minimum Gasteiger partial charge on any atom is -0.361 e. The van der Waals surface area contributed by atoms with Crippen LogP contribution >= 0.6 is 24.0 Å². The molecule has 0 spiro atoms. The Morgan fingerprint density at radius 3 is 2.48 bits per heavy atom. The van der Waals surface area contributed by atoms with Gasteiger partial charge in [-0.3, -0.25) is 4.99 Å². The van der Waals surface area contributed by atoms with Gasteiger partial charge in [-0.25, -0.2) is 0 Å². The van der Waals surface area contributed by atoms with Crippen LogP contribution in [-0.2, 0) is 6.42 Å². The fraction of sp³-hybridized carbons (Fsp3) is 0.789. The first-order chi connectivity index (χ1) is 11.6. The summed E-state index contributed by atoms with van der Waals surface area (Å²) in [4.78, 5) is 4.87. The zero-order valence-electron chi connectivity index (χ0n) is 16.3. The van der Waals surface area contributed by atoms with Crippen LogP contribution in [0.4, 0.5) is 0 Å². The van der Waals surface area contributed by atoms with Crippen LogP contribution < -0.4 is 10.6 Å². The van der Waals surface area contributed by atoms with Crippen LogP contribution in [0, 0.1) is 19.3 Å². The van der Waals surface area contributed by atoms with Gasteiger partial charge in [0.25, 0.3) is 0 Å². The molecule has 0 radical (unpaired) electrons. The summed E-state index contributed by atoms with van der Waals surface area (Å²) >= 11 is 0. The molecule has 0 amide bonds. The smallest absolute Gasteiger partial charge is 0.191 e. The number of guanidine groups is 1. The summed E-state index contributed by atoms with van der Waals surface area (Å²) in [6.07, 6.45) is 8.67. The molecule has 0 aromatic carbocycles. The normalized spacial score (nSPS) is 16.6. The fourth-order valence-electron chi connectivity index (χ4n) is 3.67. The van der Waals surface area contributed by atoms with Crippen molar-refractivity contribution in [2.75, 3.05) is 19.6 Å². The molecule has 1 saturated carbocycles. The molecule has 0 bridgehead atoms. The number of halogens is 1. The van der Waals surface area contributed by atoms with Crippen molar-refractivity contribution in [3.05, 3.63) is 17.0 Å². The van der Waals surface area contributed by atoms with Crippen molar-refractivity contribution < 1.29 is 4.52 Å². The van der Waals surface area contributed by atoms with E-state index in [9.17, 15) is 0 Å². The first-order valence-corrected chi connectivity index (χ1v) is 9.54. The average molecular weight is 462 g/mol. The lowest BCUT2D eigenvalue weighted by molar-refractivity contribution is 0.297.